The molecule has 3 N–H and O–H groups in total. The maximum atomic E-state index is 11.4. The van der Waals surface area contributed by atoms with E-state index in [1.165, 1.54) is 24.3 Å². The first-order valence-corrected chi connectivity index (χ1v) is 6.57. The summed E-state index contributed by atoms with van der Waals surface area (Å²) in [6, 6.07) is 11.3. The topological polar surface area (TPSA) is 77.8 Å². The molecule has 0 aliphatic heterocycles. The Morgan fingerprint density at radius 1 is 1.10 bits per heavy atom. The molecule has 0 heterocycles. The van der Waals surface area contributed by atoms with Crippen LogP contribution in [0.1, 0.15) is 23.6 Å². The zero-order chi connectivity index (χ0) is 15.4. The molecular weight excluding hydrogens is 268 g/mol. The lowest BCUT2D eigenvalue weighted by molar-refractivity contribution is -0.130. The van der Waals surface area contributed by atoms with Gasteiger partial charge in [0.25, 0.3) is 0 Å². The van der Waals surface area contributed by atoms with Gasteiger partial charge in [-0.1, -0.05) is 31.2 Å². The van der Waals surface area contributed by atoms with Gasteiger partial charge in [-0.05, 0) is 35.8 Å². The predicted molar refractivity (Wildman–Crippen MR) is 81.1 cm³/mol. The molecular formula is C17H16O4. The van der Waals surface area contributed by atoms with Gasteiger partial charge in [-0.25, -0.2) is 4.79 Å². The van der Waals surface area contributed by atoms with Gasteiger partial charge in [-0.2, -0.15) is 0 Å². The summed E-state index contributed by atoms with van der Waals surface area (Å²) in [5.74, 6) is -1.32. The van der Waals surface area contributed by atoms with Gasteiger partial charge in [-0.15, -0.1) is 0 Å². The van der Waals surface area contributed by atoms with Crippen LogP contribution in [0.5, 0.6) is 11.5 Å². The Morgan fingerprint density at radius 2 is 1.76 bits per heavy atom. The van der Waals surface area contributed by atoms with E-state index in [0.29, 0.717) is 11.1 Å². The van der Waals surface area contributed by atoms with Crippen molar-refractivity contribution in [1.82, 2.24) is 0 Å². The van der Waals surface area contributed by atoms with E-state index in [1.54, 1.807) is 12.1 Å². The number of benzene rings is 2. The molecule has 0 saturated carbocycles. The molecule has 21 heavy (non-hydrogen) atoms. The van der Waals surface area contributed by atoms with Crippen LogP contribution in [0.3, 0.4) is 0 Å². The Bertz CT molecular complexity index is 684. The van der Waals surface area contributed by atoms with E-state index in [4.69, 9.17) is 0 Å². The van der Waals surface area contributed by atoms with E-state index in [-0.39, 0.29) is 17.1 Å². The van der Waals surface area contributed by atoms with Crippen molar-refractivity contribution in [3.05, 3.63) is 59.2 Å². The summed E-state index contributed by atoms with van der Waals surface area (Å²) in [5, 5.41) is 28.4. The highest BCUT2D eigenvalue weighted by atomic mass is 16.4. The average Bonchev–Trinajstić information content (AvgIpc) is 2.46. The van der Waals surface area contributed by atoms with Gasteiger partial charge in [0.1, 0.15) is 11.5 Å². The molecule has 0 bridgehead atoms. The van der Waals surface area contributed by atoms with Crippen molar-refractivity contribution < 1.29 is 20.1 Å². The molecule has 4 nitrogen and oxygen atoms in total. The summed E-state index contributed by atoms with van der Waals surface area (Å²) in [6.45, 7) is 2.03. The number of hydrogen-bond donors (Lipinski definition) is 3. The second-order valence-corrected chi connectivity index (χ2v) is 4.66. The number of carboxylic acid groups (broad SMARTS) is 1. The molecule has 2 rings (SSSR count). The molecule has 0 radical (unpaired) electrons. The van der Waals surface area contributed by atoms with Crippen LogP contribution >= 0.6 is 0 Å². The van der Waals surface area contributed by atoms with Crippen molar-refractivity contribution in [2.75, 3.05) is 0 Å². The largest absolute Gasteiger partial charge is 0.508 e. The molecule has 108 valence electrons. The minimum Gasteiger partial charge on any atom is -0.508 e. The third-order valence-corrected chi connectivity index (χ3v) is 3.22. The summed E-state index contributed by atoms with van der Waals surface area (Å²) < 4.78 is 0. The standard InChI is InChI=1S/C17H16O4/c1-2-11-3-5-12(6-4-11)15(17(20)21)9-13-7-8-14(18)10-16(13)19/h3-10,18-19H,2H2,1H3,(H,20,21)/b15-9-. The van der Waals surface area contributed by atoms with Crippen molar-refractivity contribution in [3.8, 4) is 11.5 Å². The third kappa shape index (κ3) is 3.42. The summed E-state index contributed by atoms with van der Waals surface area (Å²) in [6.07, 6.45) is 2.27. The Labute approximate surface area is 122 Å². The molecule has 0 fully saturated rings. The van der Waals surface area contributed by atoms with Gasteiger partial charge in [-0.3, -0.25) is 0 Å². The van der Waals surface area contributed by atoms with Crippen LogP contribution in [0.25, 0.3) is 11.6 Å². The van der Waals surface area contributed by atoms with Gasteiger partial charge in [0.15, 0.2) is 0 Å². The number of phenolic OH excluding ortho intramolecular Hbond substituents is 2. The minimum atomic E-state index is -1.08. The monoisotopic (exact) mass is 284 g/mol. The van der Waals surface area contributed by atoms with Crippen LogP contribution in [0.4, 0.5) is 0 Å². The molecule has 0 unspecified atom stereocenters. The molecule has 2 aromatic carbocycles. The molecule has 0 saturated heterocycles. The molecule has 0 aromatic heterocycles. The summed E-state index contributed by atoms with van der Waals surface area (Å²) >= 11 is 0. The average molecular weight is 284 g/mol. The maximum Gasteiger partial charge on any atom is 0.336 e. The van der Waals surface area contributed by atoms with E-state index >= 15 is 0 Å². The van der Waals surface area contributed by atoms with E-state index in [0.717, 1.165) is 12.0 Å². The Kier molecular flexibility index (Phi) is 4.28. The van der Waals surface area contributed by atoms with Crippen molar-refractivity contribution in [1.29, 1.82) is 0 Å². The van der Waals surface area contributed by atoms with E-state index in [2.05, 4.69) is 0 Å². The fourth-order valence-electron chi connectivity index (χ4n) is 2.00. The highest BCUT2D eigenvalue weighted by Crippen LogP contribution is 2.27. The van der Waals surface area contributed by atoms with Crippen LogP contribution in [-0.4, -0.2) is 21.3 Å². The van der Waals surface area contributed by atoms with E-state index in [9.17, 15) is 20.1 Å². The maximum absolute atomic E-state index is 11.4. The first-order valence-electron chi connectivity index (χ1n) is 6.57. The number of phenols is 2. The first-order chi connectivity index (χ1) is 10.0. The Hall–Kier alpha value is -2.75. The zero-order valence-electron chi connectivity index (χ0n) is 11.6. The first kappa shape index (κ1) is 14.7. The molecule has 0 aliphatic rings. The number of carbonyl (C=O) groups is 1. The Balaban J connectivity index is 2.46. The summed E-state index contributed by atoms with van der Waals surface area (Å²) in [7, 11) is 0. The number of hydrogen-bond acceptors (Lipinski definition) is 3. The van der Waals surface area contributed by atoms with Gasteiger partial charge in [0, 0.05) is 11.6 Å². The molecule has 2 aromatic rings. The lowest BCUT2D eigenvalue weighted by Gasteiger charge is -2.06. The molecule has 0 atom stereocenters. The molecule has 0 aliphatic carbocycles. The molecule has 4 heteroatoms. The fraction of sp³-hybridized carbons (Fsp3) is 0.118. The number of aromatic hydroxyl groups is 2. The predicted octanol–water partition coefficient (Wildman–Crippen LogP) is 3.29. The summed E-state index contributed by atoms with van der Waals surface area (Å²) in [4.78, 5) is 11.4. The van der Waals surface area contributed by atoms with Crippen molar-refractivity contribution in [2.45, 2.75) is 13.3 Å². The third-order valence-electron chi connectivity index (χ3n) is 3.22. The van der Waals surface area contributed by atoms with Crippen LogP contribution in [0.2, 0.25) is 0 Å². The van der Waals surface area contributed by atoms with E-state index in [1.807, 2.05) is 19.1 Å². The SMILES string of the molecule is CCc1ccc(/C(=C/c2ccc(O)cc2O)C(=O)O)cc1. The van der Waals surface area contributed by atoms with Crippen LogP contribution in [-0.2, 0) is 11.2 Å². The second kappa shape index (κ2) is 6.13. The summed E-state index contributed by atoms with van der Waals surface area (Å²) in [5.41, 5.74) is 2.10. The quantitative estimate of drug-likeness (QED) is 0.594. The number of rotatable bonds is 4. The van der Waals surface area contributed by atoms with Crippen LogP contribution in [0.15, 0.2) is 42.5 Å². The lowest BCUT2D eigenvalue weighted by Crippen LogP contribution is -2.00. The van der Waals surface area contributed by atoms with Crippen LogP contribution in [0, 0.1) is 0 Å². The van der Waals surface area contributed by atoms with Gasteiger partial charge in [0.2, 0.25) is 0 Å². The lowest BCUT2D eigenvalue weighted by atomic mass is 10.0. The van der Waals surface area contributed by atoms with Crippen molar-refractivity contribution in [2.24, 2.45) is 0 Å². The fourth-order valence-corrected chi connectivity index (χ4v) is 2.00. The van der Waals surface area contributed by atoms with Crippen LogP contribution < -0.4 is 0 Å². The molecule has 0 amide bonds. The highest BCUT2D eigenvalue weighted by Gasteiger charge is 2.12. The minimum absolute atomic E-state index is 0.0752. The number of carboxylic acids is 1. The van der Waals surface area contributed by atoms with Gasteiger partial charge in [0.05, 0.1) is 5.57 Å². The van der Waals surface area contributed by atoms with Crippen molar-refractivity contribution in [3.63, 3.8) is 0 Å². The number of aryl methyl sites for hydroxylation is 1. The molecule has 0 spiro atoms. The van der Waals surface area contributed by atoms with Gasteiger partial charge >= 0.3 is 5.97 Å². The smallest absolute Gasteiger partial charge is 0.336 e. The normalized spacial score (nSPS) is 11.4. The van der Waals surface area contributed by atoms with Crippen molar-refractivity contribution >= 4 is 17.6 Å². The second-order valence-electron chi connectivity index (χ2n) is 4.66. The van der Waals surface area contributed by atoms with E-state index < -0.39 is 5.97 Å². The zero-order valence-corrected chi connectivity index (χ0v) is 11.6. The van der Waals surface area contributed by atoms with Gasteiger partial charge < -0.3 is 15.3 Å². The Morgan fingerprint density at radius 3 is 2.29 bits per heavy atom. The highest BCUT2D eigenvalue weighted by molar-refractivity contribution is 6.20. The number of aliphatic carboxylic acids is 1.